The molecule has 4 rings (SSSR count). The predicted molar refractivity (Wildman–Crippen MR) is 115 cm³/mol. The number of hydrogen-bond acceptors (Lipinski definition) is 3. The van der Waals surface area contributed by atoms with Crippen molar-refractivity contribution in [1.82, 2.24) is 14.9 Å². The fourth-order valence-electron chi connectivity index (χ4n) is 5.12. The molecule has 2 aromatic heterocycles. The number of nitrogens with one attached hydrogen (secondary N) is 1. The molecule has 0 saturated carbocycles. The van der Waals surface area contributed by atoms with Gasteiger partial charge in [0.1, 0.15) is 17.1 Å². The Bertz CT molecular complexity index is 1060. The summed E-state index contributed by atoms with van der Waals surface area (Å²) in [5.41, 5.74) is 1.34. The van der Waals surface area contributed by atoms with E-state index in [1.54, 1.807) is 12.3 Å². The number of benzene rings is 1. The Balaban J connectivity index is 1.81. The van der Waals surface area contributed by atoms with E-state index in [9.17, 15) is 9.50 Å². The molecule has 0 aliphatic carbocycles. The van der Waals surface area contributed by atoms with Crippen molar-refractivity contribution in [2.24, 2.45) is 11.8 Å². The Hall–Kier alpha value is -2.31. The van der Waals surface area contributed by atoms with Crippen LogP contribution in [0.15, 0.2) is 30.6 Å². The molecule has 2 N–H and O–H groups in total. The van der Waals surface area contributed by atoms with Crippen LogP contribution in [0.1, 0.15) is 38.8 Å². The summed E-state index contributed by atoms with van der Waals surface area (Å²) < 4.78 is 29.9. The van der Waals surface area contributed by atoms with Crippen LogP contribution >= 0.6 is 0 Å². The Labute approximate surface area is 175 Å². The highest BCUT2D eigenvalue weighted by Gasteiger charge is 2.48. The van der Waals surface area contributed by atoms with E-state index in [0.717, 1.165) is 0 Å². The smallest absolute Gasteiger partial charge is 0.150 e. The number of aromatic amines is 1. The highest BCUT2D eigenvalue weighted by molar-refractivity contribution is 5.93. The standard InChI is InChI=1S/C24H29F2N3O/c1-13(2)29-11-15(4)24(30,16(5)12-29)22-14(3)8-17(9-19(22)25)18-6-7-27-23-21(18)20(26)10-28-23/h6-10,13,15-16,30H,11-12H2,1-5H3,(H,27,28)/t15-,16+,24?. The maximum absolute atomic E-state index is 15.6. The van der Waals surface area contributed by atoms with Crippen LogP contribution in [0.25, 0.3) is 22.2 Å². The summed E-state index contributed by atoms with van der Waals surface area (Å²) in [7, 11) is 0. The molecule has 0 bridgehead atoms. The van der Waals surface area contributed by atoms with Gasteiger partial charge in [-0.1, -0.05) is 19.9 Å². The highest BCUT2D eigenvalue weighted by atomic mass is 19.1. The van der Waals surface area contributed by atoms with Gasteiger partial charge in [-0.05, 0) is 49.6 Å². The number of aryl methyl sites for hydroxylation is 1. The average molecular weight is 414 g/mol. The van der Waals surface area contributed by atoms with Crippen LogP contribution in [-0.2, 0) is 5.60 Å². The molecule has 0 spiro atoms. The Morgan fingerprint density at radius 1 is 1.17 bits per heavy atom. The van der Waals surface area contributed by atoms with Crippen LogP contribution in [0.5, 0.6) is 0 Å². The van der Waals surface area contributed by atoms with Crippen molar-refractivity contribution >= 4 is 11.0 Å². The molecule has 0 amide bonds. The minimum atomic E-state index is -1.26. The normalized spacial score (nSPS) is 25.4. The molecule has 3 heterocycles. The molecule has 1 aliphatic heterocycles. The third-order valence-electron chi connectivity index (χ3n) is 6.77. The summed E-state index contributed by atoms with van der Waals surface area (Å²) in [6.07, 6.45) is 2.83. The van der Waals surface area contributed by atoms with Gasteiger partial charge in [-0.3, -0.25) is 0 Å². The summed E-state index contributed by atoms with van der Waals surface area (Å²) in [6.45, 7) is 11.5. The lowest BCUT2D eigenvalue weighted by atomic mass is 9.69. The molecule has 1 fully saturated rings. The zero-order valence-corrected chi connectivity index (χ0v) is 18.1. The monoisotopic (exact) mass is 413 g/mol. The van der Waals surface area contributed by atoms with Crippen molar-refractivity contribution in [3.63, 3.8) is 0 Å². The minimum absolute atomic E-state index is 0.127. The lowest BCUT2D eigenvalue weighted by molar-refractivity contribution is -0.120. The summed E-state index contributed by atoms with van der Waals surface area (Å²) >= 11 is 0. The summed E-state index contributed by atoms with van der Waals surface area (Å²) in [5, 5.41) is 12.1. The number of fused-ring (bicyclic) bond motifs is 1. The van der Waals surface area contributed by atoms with Gasteiger partial charge in [0, 0.05) is 48.9 Å². The largest absolute Gasteiger partial charge is 0.384 e. The second-order valence-electron chi connectivity index (χ2n) is 9.04. The van der Waals surface area contributed by atoms with Crippen molar-refractivity contribution in [1.29, 1.82) is 0 Å². The number of nitrogens with zero attached hydrogens (tertiary/aromatic N) is 2. The predicted octanol–water partition coefficient (Wildman–Crippen LogP) is 5.00. The number of H-pyrrole nitrogens is 1. The maximum atomic E-state index is 15.6. The van der Waals surface area contributed by atoms with Gasteiger partial charge in [0.2, 0.25) is 0 Å². The van der Waals surface area contributed by atoms with Gasteiger partial charge in [0.25, 0.3) is 0 Å². The quantitative estimate of drug-likeness (QED) is 0.635. The first-order chi connectivity index (χ1) is 14.1. The molecule has 1 aromatic carbocycles. The molecule has 160 valence electrons. The third kappa shape index (κ3) is 3.13. The van der Waals surface area contributed by atoms with E-state index in [0.29, 0.717) is 52.4 Å². The molecule has 1 aliphatic rings. The fourth-order valence-corrected chi connectivity index (χ4v) is 5.12. The van der Waals surface area contributed by atoms with Crippen molar-refractivity contribution in [3.05, 3.63) is 53.4 Å². The first kappa shape index (κ1) is 20.9. The summed E-state index contributed by atoms with van der Waals surface area (Å²) in [5.74, 6) is -1.13. The Morgan fingerprint density at radius 3 is 2.43 bits per heavy atom. The van der Waals surface area contributed by atoms with Crippen molar-refractivity contribution in [2.45, 2.75) is 46.3 Å². The van der Waals surface area contributed by atoms with Crippen LogP contribution < -0.4 is 0 Å². The van der Waals surface area contributed by atoms with E-state index in [4.69, 9.17) is 0 Å². The lowest BCUT2D eigenvalue weighted by Crippen LogP contribution is -2.56. The van der Waals surface area contributed by atoms with E-state index < -0.39 is 17.2 Å². The lowest BCUT2D eigenvalue weighted by Gasteiger charge is -2.49. The molecule has 30 heavy (non-hydrogen) atoms. The van der Waals surface area contributed by atoms with Crippen LogP contribution in [0.4, 0.5) is 8.78 Å². The minimum Gasteiger partial charge on any atom is -0.384 e. The van der Waals surface area contributed by atoms with Crippen molar-refractivity contribution < 1.29 is 13.9 Å². The van der Waals surface area contributed by atoms with E-state index in [2.05, 4.69) is 28.7 Å². The number of likely N-dealkylation sites (tertiary alicyclic amines) is 1. The first-order valence-corrected chi connectivity index (χ1v) is 10.5. The number of piperidine rings is 1. The molecule has 3 atom stereocenters. The topological polar surface area (TPSA) is 52.1 Å². The second kappa shape index (κ2) is 7.43. The molecule has 3 aromatic rings. The van der Waals surface area contributed by atoms with E-state index in [1.165, 1.54) is 12.3 Å². The van der Waals surface area contributed by atoms with Gasteiger partial charge >= 0.3 is 0 Å². The van der Waals surface area contributed by atoms with Crippen molar-refractivity contribution in [3.8, 4) is 11.1 Å². The Morgan fingerprint density at radius 2 is 1.83 bits per heavy atom. The first-order valence-electron chi connectivity index (χ1n) is 10.5. The van der Waals surface area contributed by atoms with Crippen LogP contribution in [-0.4, -0.2) is 39.1 Å². The number of aliphatic hydroxyl groups is 1. The number of aromatic nitrogens is 2. The van der Waals surface area contributed by atoms with Crippen LogP contribution in [0.3, 0.4) is 0 Å². The van der Waals surface area contributed by atoms with E-state index in [-0.39, 0.29) is 11.8 Å². The Kier molecular flexibility index (Phi) is 5.19. The molecular formula is C24H29F2N3O. The van der Waals surface area contributed by atoms with E-state index in [1.807, 2.05) is 26.8 Å². The third-order valence-corrected chi connectivity index (χ3v) is 6.77. The van der Waals surface area contributed by atoms with Crippen LogP contribution in [0.2, 0.25) is 0 Å². The fraction of sp³-hybridized carbons (Fsp3) is 0.458. The SMILES string of the molecule is Cc1cc(-c2ccnc3[nH]cc(F)c23)cc(F)c1C1(O)[C@H](C)CN(C(C)C)C[C@@H]1C. The summed E-state index contributed by atoms with van der Waals surface area (Å²) in [6, 6.07) is 5.31. The van der Waals surface area contributed by atoms with Crippen molar-refractivity contribution in [2.75, 3.05) is 13.1 Å². The van der Waals surface area contributed by atoms with Crippen LogP contribution in [0, 0.1) is 30.4 Å². The van der Waals surface area contributed by atoms with Gasteiger partial charge < -0.3 is 15.0 Å². The molecule has 4 nitrogen and oxygen atoms in total. The second-order valence-corrected chi connectivity index (χ2v) is 9.04. The zero-order valence-electron chi connectivity index (χ0n) is 18.1. The van der Waals surface area contributed by atoms with E-state index >= 15 is 4.39 Å². The van der Waals surface area contributed by atoms with Gasteiger partial charge in [-0.2, -0.15) is 0 Å². The van der Waals surface area contributed by atoms with Gasteiger partial charge in [0.05, 0.1) is 5.39 Å². The highest BCUT2D eigenvalue weighted by Crippen LogP contribution is 2.45. The summed E-state index contributed by atoms with van der Waals surface area (Å²) in [4.78, 5) is 9.27. The molecule has 1 unspecified atom stereocenters. The van der Waals surface area contributed by atoms with Gasteiger partial charge in [-0.15, -0.1) is 0 Å². The number of hydrogen-bond donors (Lipinski definition) is 2. The zero-order chi connectivity index (χ0) is 21.8. The molecular weight excluding hydrogens is 384 g/mol. The van der Waals surface area contributed by atoms with Gasteiger partial charge in [0.15, 0.2) is 5.82 Å². The molecule has 6 heteroatoms. The van der Waals surface area contributed by atoms with Gasteiger partial charge in [-0.25, -0.2) is 13.8 Å². The average Bonchev–Trinajstić information content (AvgIpc) is 3.06. The number of halogens is 2. The molecule has 1 saturated heterocycles. The number of pyridine rings is 1. The number of rotatable bonds is 3. The maximum Gasteiger partial charge on any atom is 0.150 e. The molecule has 0 radical (unpaired) electrons.